The SMILES string of the molecule is CCCOc1ccc(C(=O)N[C@H](CCO)Cc2ccc(C(=O)CBr)cc2)cc1Cl. The van der Waals surface area contributed by atoms with Gasteiger partial charge in [0.25, 0.3) is 5.91 Å². The molecule has 0 aliphatic carbocycles. The lowest BCUT2D eigenvalue weighted by molar-refractivity contribution is 0.0929. The van der Waals surface area contributed by atoms with E-state index in [0.717, 1.165) is 12.0 Å². The van der Waals surface area contributed by atoms with Crippen molar-refractivity contribution >= 4 is 39.2 Å². The summed E-state index contributed by atoms with van der Waals surface area (Å²) in [6.45, 7) is 2.52. The van der Waals surface area contributed by atoms with Crippen molar-refractivity contribution in [3.05, 3.63) is 64.2 Å². The number of ketones is 1. The topological polar surface area (TPSA) is 75.6 Å². The number of carbonyl (C=O) groups is 2. The van der Waals surface area contributed by atoms with Crippen LogP contribution in [0.15, 0.2) is 42.5 Å². The molecule has 7 heteroatoms. The van der Waals surface area contributed by atoms with Crippen molar-refractivity contribution in [2.24, 2.45) is 0 Å². The molecule has 1 atom stereocenters. The summed E-state index contributed by atoms with van der Waals surface area (Å²) in [6.07, 6.45) is 1.83. The molecule has 0 heterocycles. The molecular weight excluding hydrogens is 458 g/mol. The molecule has 0 aromatic heterocycles. The number of aliphatic hydroxyl groups excluding tert-OH is 1. The fourth-order valence-electron chi connectivity index (χ4n) is 2.81. The number of aliphatic hydroxyl groups is 1. The first-order chi connectivity index (χ1) is 14.0. The minimum absolute atomic E-state index is 0.0139. The standard InChI is InChI=1S/C22H25BrClNO4/c1-2-11-29-21-8-7-17(13-19(21)24)22(28)25-18(9-10-26)12-15-3-5-16(6-4-15)20(27)14-23/h3-8,13,18,26H,2,9-12,14H2,1H3,(H,25,28)/t18-/m1/s1. The lowest BCUT2D eigenvalue weighted by Gasteiger charge is -2.18. The van der Waals surface area contributed by atoms with Crippen molar-refractivity contribution in [2.75, 3.05) is 18.5 Å². The number of alkyl halides is 1. The number of rotatable bonds is 11. The van der Waals surface area contributed by atoms with Gasteiger partial charge in [0, 0.05) is 23.8 Å². The molecule has 0 saturated carbocycles. The average Bonchev–Trinajstić information content (AvgIpc) is 2.73. The Kier molecular flexibility index (Phi) is 9.64. The highest BCUT2D eigenvalue weighted by Crippen LogP contribution is 2.25. The van der Waals surface area contributed by atoms with Gasteiger partial charge in [0.1, 0.15) is 5.75 Å². The van der Waals surface area contributed by atoms with Gasteiger partial charge in [-0.25, -0.2) is 0 Å². The number of hydrogen-bond donors (Lipinski definition) is 2. The Morgan fingerprint density at radius 3 is 2.45 bits per heavy atom. The lowest BCUT2D eigenvalue weighted by atomic mass is 10.0. The van der Waals surface area contributed by atoms with Gasteiger partial charge in [0.2, 0.25) is 0 Å². The predicted octanol–water partition coefficient (Wildman–Crippen LogP) is 4.43. The summed E-state index contributed by atoms with van der Waals surface area (Å²) in [4.78, 5) is 24.3. The van der Waals surface area contributed by atoms with Gasteiger partial charge in [0.15, 0.2) is 5.78 Å². The molecule has 0 aliphatic rings. The monoisotopic (exact) mass is 481 g/mol. The molecule has 0 bridgehead atoms. The minimum Gasteiger partial charge on any atom is -0.492 e. The maximum absolute atomic E-state index is 12.6. The van der Waals surface area contributed by atoms with Crippen LogP contribution in [0.5, 0.6) is 5.75 Å². The van der Waals surface area contributed by atoms with Gasteiger partial charge in [-0.3, -0.25) is 9.59 Å². The molecule has 0 unspecified atom stereocenters. The Morgan fingerprint density at radius 2 is 1.86 bits per heavy atom. The summed E-state index contributed by atoms with van der Waals surface area (Å²) < 4.78 is 5.53. The van der Waals surface area contributed by atoms with Gasteiger partial charge in [-0.05, 0) is 43.0 Å². The number of hydrogen-bond acceptors (Lipinski definition) is 4. The number of nitrogens with one attached hydrogen (secondary N) is 1. The summed E-state index contributed by atoms with van der Waals surface area (Å²) in [5, 5.41) is 13.0. The molecule has 0 spiro atoms. The van der Waals surface area contributed by atoms with Crippen LogP contribution in [0.3, 0.4) is 0 Å². The Bertz CT molecular complexity index is 826. The molecule has 2 rings (SSSR count). The van der Waals surface area contributed by atoms with E-state index in [0.29, 0.717) is 41.3 Å². The second kappa shape index (κ2) is 12.0. The number of amides is 1. The quantitative estimate of drug-likeness (QED) is 0.367. The van der Waals surface area contributed by atoms with Gasteiger partial charge in [-0.15, -0.1) is 0 Å². The van der Waals surface area contributed by atoms with E-state index in [1.165, 1.54) is 0 Å². The molecule has 2 N–H and O–H groups in total. The highest BCUT2D eigenvalue weighted by molar-refractivity contribution is 9.09. The Hall–Kier alpha value is -1.89. The maximum Gasteiger partial charge on any atom is 0.251 e. The number of carbonyl (C=O) groups excluding carboxylic acids is 2. The number of ether oxygens (including phenoxy) is 1. The van der Waals surface area contributed by atoms with E-state index >= 15 is 0 Å². The molecule has 2 aromatic rings. The molecule has 29 heavy (non-hydrogen) atoms. The minimum atomic E-state index is -0.265. The van der Waals surface area contributed by atoms with Crippen LogP contribution in [-0.2, 0) is 6.42 Å². The van der Waals surface area contributed by atoms with Gasteiger partial charge in [-0.1, -0.05) is 58.7 Å². The first-order valence-corrected chi connectivity index (χ1v) is 11.0. The Labute approximate surface area is 184 Å². The maximum atomic E-state index is 12.6. The van der Waals surface area contributed by atoms with Crippen molar-refractivity contribution in [3.8, 4) is 5.75 Å². The molecule has 156 valence electrons. The van der Waals surface area contributed by atoms with Gasteiger partial charge in [-0.2, -0.15) is 0 Å². The molecule has 0 saturated heterocycles. The first kappa shape index (κ1) is 23.4. The van der Waals surface area contributed by atoms with E-state index < -0.39 is 0 Å². The molecule has 0 fully saturated rings. The third-order valence-corrected chi connectivity index (χ3v) is 5.15. The van der Waals surface area contributed by atoms with Gasteiger partial charge in [0.05, 0.1) is 17.0 Å². The van der Waals surface area contributed by atoms with Crippen LogP contribution in [-0.4, -0.2) is 41.4 Å². The summed E-state index contributed by atoms with van der Waals surface area (Å²) in [6, 6.07) is 12.0. The summed E-state index contributed by atoms with van der Waals surface area (Å²) in [5.74, 6) is 0.300. The normalized spacial score (nSPS) is 11.7. The van der Waals surface area contributed by atoms with Crippen LogP contribution in [0.1, 0.15) is 46.0 Å². The van der Waals surface area contributed by atoms with Gasteiger partial charge < -0.3 is 15.2 Å². The van der Waals surface area contributed by atoms with E-state index in [4.69, 9.17) is 16.3 Å². The van der Waals surface area contributed by atoms with Crippen LogP contribution in [0.25, 0.3) is 0 Å². The van der Waals surface area contributed by atoms with Crippen molar-refractivity contribution < 1.29 is 19.4 Å². The number of halogens is 2. The summed E-state index contributed by atoms with van der Waals surface area (Å²) in [5.41, 5.74) is 2.03. The predicted molar refractivity (Wildman–Crippen MR) is 118 cm³/mol. The first-order valence-electron chi connectivity index (χ1n) is 9.50. The fourth-order valence-corrected chi connectivity index (χ4v) is 3.37. The third kappa shape index (κ3) is 7.14. The lowest BCUT2D eigenvalue weighted by Crippen LogP contribution is -2.37. The van der Waals surface area contributed by atoms with Gasteiger partial charge >= 0.3 is 0 Å². The van der Waals surface area contributed by atoms with Crippen LogP contribution in [0.2, 0.25) is 5.02 Å². The highest BCUT2D eigenvalue weighted by Gasteiger charge is 2.16. The van der Waals surface area contributed by atoms with Crippen LogP contribution in [0, 0.1) is 0 Å². The van der Waals surface area contributed by atoms with E-state index in [-0.39, 0.29) is 29.7 Å². The van der Waals surface area contributed by atoms with Crippen LogP contribution in [0.4, 0.5) is 0 Å². The van der Waals surface area contributed by atoms with E-state index in [9.17, 15) is 14.7 Å². The summed E-state index contributed by atoms with van der Waals surface area (Å²) in [7, 11) is 0. The molecule has 0 radical (unpaired) electrons. The molecule has 1 amide bonds. The second-order valence-corrected chi connectivity index (χ2v) is 7.60. The number of Topliss-reactive ketones (excluding diaryl/α,β-unsaturated/α-hetero) is 1. The number of benzene rings is 2. The second-order valence-electron chi connectivity index (χ2n) is 6.63. The largest absolute Gasteiger partial charge is 0.492 e. The van der Waals surface area contributed by atoms with Crippen LogP contribution >= 0.6 is 27.5 Å². The molecule has 5 nitrogen and oxygen atoms in total. The Morgan fingerprint density at radius 1 is 1.17 bits per heavy atom. The molecule has 2 aromatic carbocycles. The van der Waals surface area contributed by atoms with E-state index in [2.05, 4.69) is 21.2 Å². The zero-order valence-electron chi connectivity index (χ0n) is 16.3. The third-order valence-electron chi connectivity index (χ3n) is 4.35. The van der Waals surface area contributed by atoms with Crippen LogP contribution < -0.4 is 10.1 Å². The highest BCUT2D eigenvalue weighted by atomic mass is 79.9. The smallest absolute Gasteiger partial charge is 0.251 e. The van der Waals surface area contributed by atoms with E-state index in [1.807, 2.05) is 19.1 Å². The zero-order valence-corrected chi connectivity index (χ0v) is 18.6. The molecule has 0 aliphatic heterocycles. The summed E-state index contributed by atoms with van der Waals surface area (Å²) >= 11 is 9.37. The van der Waals surface area contributed by atoms with Crippen molar-refractivity contribution in [1.82, 2.24) is 5.32 Å². The Balaban J connectivity index is 2.04. The van der Waals surface area contributed by atoms with Crippen molar-refractivity contribution in [2.45, 2.75) is 32.2 Å². The zero-order chi connectivity index (χ0) is 21.2. The van der Waals surface area contributed by atoms with Crippen molar-refractivity contribution in [1.29, 1.82) is 0 Å². The van der Waals surface area contributed by atoms with E-state index in [1.54, 1.807) is 30.3 Å². The average molecular weight is 483 g/mol. The fraction of sp³-hybridized carbons (Fsp3) is 0.364. The molecular formula is C22H25BrClNO4. The van der Waals surface area contributed by atoms with Crippen molar-refractivity contribution in [3.63, 3.8) is 0 Å².